The van der Waals surface area contributed by atoms with Gasteiger partial charge in [0.05, 0.1) is 0 Å². The summed E-state index contributed by atoms with van der Waals surface area (Å²) in [5, 5.41) is 3.91. The molecule has 1 N–H and O–H groups in total. The molecule has 2 aliphatic heterocycles. The Bertz CT molecular complexity index is 225. The van der Waals surface area contributed by atoms with Crippen LogP contribution in [0.4, 0.5) is 0 Å². The maximum absolute atomic E-state index is 3.91. The van der Waals surface area contributed by atoms with E-state index in [4.69, 9.17) is 0 Å². The van der Waals surface area contributed by atoms with Crippen molar-refractivity contribution in [2.24, 2.45) is 5.92 Å². The number of fused-ring (bicyclic) bond motifs is 1. The van der Waals surface area contributed by atoms with Crippen LogP contribution >= 0.6 is 0 Å². The smallest absolute Gasteiger partial charge is 0.0250 e. The first-order chi connectivity index (χ1) is 7.34. The van der Waals surface area contributed by atoms with Crippen LogP contribution in [0.3, 0.4) is 0 Å². The maximum atomic E-state index is 3.91. The molecule has 1 saturated carbocycles. The van der Waals surface area contributed by atoms with Crippen molar-refractivity contribution < 1.29 is 0 Å². The van der Waals surface area contributed by atoms with Crippen molar-refractivity contribution in [3.8, 4) is 0 Å². The summed E-state index contributed by atoms with van der Waals surface area (Å²) >= 11 is 0. The number of rotatable bonds is 3. The van der Waals surface area contributed by atoms with Crippen molar-refractivity contribution in [3.63, 3.8) is 0 Å². The minimum atomic E-state index is 0.768. The average molecular weight is 208 g/mol. The summed E-state index contributed by atoms with van der Waals surface area (Å²) in [5.74, 6) is 0.987. The van der Waals surface area contributed by atoms with Crippen molar-refractivity contribution in [1.82, 2.24) is 10.2 Å². The predicted molar refractivity (Wildman–Crippen MR) is 62.9 cm³/mol. The number of hydrogen-bond donors (Lipinski definition) is 1. The molecule has 0 amide bonds. The lowest BCUT2D eigenvalue weighted by molar-refractivity contribution is 0.211. The lowest BCUT2D eigenvalue weighted by atomic mass is 9.80. The van der Waals surface area contributed by atoms with Gasteiger partial charge in [-0.25, -0.2) is 0 Å². The molecule has 2 saturated heterocycles. The van der Waals surface area contributed by atoms with Crippen molar-refractivity contribution in [2.75, 3.05) is 13.1 Å². The van der Waals surface area contributed by atoms with Crippen LogP contribution in [0.2, 0.25) is 0 Å². The van der Waals surface area contributed by atoms with Gasteiger partial charge in [0.2, 0.25) is 0 Å². The first-order valence-electron chi connectivity index (χ1n) is 6.85. The highest BCUT2D eigenvalue weighted by Gasteiger charge is 2.38. The van der Waals surface area contributed by atoms with Gasteiger partial charge in [-0.1, -0.05) is 6.42 Å². The van der Waals surface area contributed by atoms with E-state index < -0.39 is 0 Å². The number of nitrogens with one attached hydrogen (secondary N) is 1. The van der Waals surface area contributed by atoms with Crippen molar-refractivity contribution >= 4 is 0 Å². The number of hydrogen-bond acceptors (Lipinski definition) is 2. The summed E-state index contributed by atoms with van der Waals surface area (Å²) in [4.78, 5) is 2.70. The minimum absolute atomic E-state index is 0.768. The van der Waals surface area contributed by atoms with Crippen LogP contribution in [0, 0.1) is 5.92 Å². The SMILES string of the molecule is CC(NC1CCN2CCCC12)C1CCC1. The largest absolute Gasteiger partial charge is 0.310 e. The molecule has 0 aromatic rings. The summed E-state index contributed by atoms with van der Waals surface area (Å²) < 4.78 is 0. The fraction of sp³-hybridized carbons (Fsp3) is 1.00. The molecule has 1 aliphatic carbocycles. The Morgan fingerprint density at radius 3 is 2.67 bits per heavy atom. The van der Waals surface area contributed by atoms with Gasteiger partial charge >= 0.3 is 0 Å². The summed E-state index contributed by atoms with van der Waals surface area (Å²) in [6, 6.07) is 2.46. The molecular formula is C13H24N2. The molecule has 3 aliphatic rings. The molecule has 0 radical (unpaired) electrons. The topological polar surface area (TPSA) is 15.3 Å². The van der Waals surface area contributed by atoms with E-state index in [9.17, 15) is 0 Å². The second-order valence-corrected chi connectivity index (χ2v) is 5.79. The Hall–Kier alpha value is -0.0800. The molecule has 2 heteroatoms. The Morgan fingerprint density at radius 1 is 1.07 bits per heavy atom. The van der Waals surface area contributed by atoms with Crippen LogP contribution in [0.1, 0.15) is 45.4 Å². The van der Waals surface area contributed by atoms with Crippen molar-refractivity contribution in [3.05, 3.63) is 0 Å². The van der Waals surface area contributed by atoms with Gasteiger partial charge in [-0.15, -0.1) is 0 Å². The summed E-state index contributed by atoms with van der Waals surface area (Å²) in [5.41, 5.74) is 0. The molecule has 0 bridgehead atoms. The third kappa shape index (κ3) is 1.83. The fourth-order valence-corrected chi connectivity index (χ4v) is 3.69. The molecule has 3 rings (SSSR count). The monoisotopic (exact) mass is 208 g/mol. The number of nitrogens with zero attached hydrogens (tertiary/aromatic N) is 1. The molecule has 3 unspecified atom stereocenters. The third-order valence-electron chi connectivity index (χ3n) is 4.94. The maximum Gasteiger partial charge on any atom is 0.0250 e. The first kappa shape index (κ1) is 10.1. The van der Waals surface area contributed by atoms with Crippen LogP contribution in [0.5, 0.6) is 0 Å². The fourth-order valence-electron chi connectivity index (χ4n) is 3.69. The van der Waals surface area contributed by atoms with E-state index in [2.05, 4.69) is 17.1 Å². The molecule has 0 aromatic carbocycles. The molecule has 2 heterocycles. The second-order valence-electron chi connectivity index (χ2n) is 5.79. The Balaban J connectivity index is 1.54. The third-order valence-corrected chi connectivity index (χ3v) is 4.94. The van der Waals surface area contributed by atoms with Gasteiger partial charge in [0, 0.05) is 24.7 Å². The Labute approximate surface area is 93.4 Å². The second kappa shape index (κ2) is 4.06. The zero-order valence-electron chi connectivity index (χ0n) is 9.91. The average Bonchev–Trinajstić information content (AvgIpc) is 2.66. The van der Waals surface area contributed by atoms with Gasteiger partial charge in [0.15, 0.2) is 0 Å². The van der Waals surface area contributed by atoms with Gasteiger partial charge in [-0.2, -0.15) is 0 Å². The zero-order valence-corrected chi connectivity index (χ0v) is 9.91. The quantitative estimate of drug-likeness (QED) is 0.763. The molecule has 15 heavy (non-hydrogen) atoms. The van der Waals surface area contributed by atoms with Gasteiger partial charge in [0.1, 0.15) is 0 Å². The summed E-state index contributed by atoms with van der Waals surface area (Å²) in [6.07, 6.45) is 8.67. The van der Waals surface area contributed by atoms with Crippen molar-refractivity contribution in [1.29, 1.82) is 0 Å². The van der Waals surface area contributed by atoms with E-state index in [0.29, 0.717) is 0 Å². The van der Waals surface area contributed by atoms with Crippen LogP contribution in [0.25, 0.3) is 0 Å². The molecule has 0 aromatic heterocycles. The summed E-state index contributed by atoms with van der Waals surface area (Å²) in [7, 11) is 0. The van der Waals surface area contributed by atoms with Crippen LogP contribution in [-0.4, -0.2) is 36.1 Å². The molecular weight excluding hydrogens is 184 g/mol. The van der Waals surface area contributed by atoms with Gasteiger partial charge < -0.3 is 5.32 Å². The lowest BCUT2D eigenvalue weighted by Gasteiger charge is -2.35. The molecule has 3 atom stereocenters. The molecule has 0 spiro atoms. The van der Waals surface area contributed by atoms with Crippen LogP contribution < -0.4 is 5.32 Å². The Morgan fingerprint density at radius 2 is 1.93 bits per heavy atom. The molecule has 3 fully saturated rings. The van der Waals surface area contributed by atoms with E-state index in [1.54, 1.807) is 0 Å². The molecule has 2 nitrogen and oxygen atoms in total. The van der Waals surface area contributed by atoms with Gasteiger partial charge in [-0.3, -0.25) is 4.90 Å². The summed E-state index contributed by atoms with van der Waals surface area (Å²) in [6.45, 7) is 5.11. The van der Waals surface area contributed by atoms with Crippen LogP contribution in [0.15, 0.2) is 0 Å². The van der Waals surface area contributed by atoms with E-state index in [0.717, 1.165) is 24.0 Å². The standard InChI is InChI=1S/C13H24N2/c1-10(11-4-2-5-11)14-12-7-9-15-8-3-6-13(12)15/h10-14H,2-9H2,1H3. The lowest BCUT2D eigenvalue weighted by Crippen LogP contribution is -2.47. The zero-order chi connectivity index (χ0) is 10.3. The highest BCUT2D eigenvalue weighted by atomic mass is 15.2. The normalized spacial score (nSPS) is 39.0. The van der Waals surface area contributed by atoms with E-state index in [1.807, 2.05) is 0 Å². The minimum Gasteiger partial charge on any atom is -0.310 e. The molecule has 86 valence electrons. The van der Waals surface area contributed by atoms with Gasteiger partial charge in [0.25, 0.3) is 0 Å². The van der Waals surface area contributed by atoms with E-state index in [1.165, 1.54) is 51.6 Å². The van der Waals surface area contributed by atoms with E-state index >= 15 is 0 Å². The highest BCUT2D eigenvalue weighted by molar-refractivity contribution is 4.97. The van der Waals surface area contributed by atoms with Crippen molar-refractivity contribution in [2.45, 2.75) is 63.6 Å². The first-order valence-corrected chi connectivity index (χ1v) is 6.85. The van der Waals surface area contributed by atoms with E-state index in [-0.39, 0.29) is 0 Å². The van der Waals surface area contributed by atoms with Gasteiger partial charge in [-0.05, 0) is 51.5 Å². The van der Waals surface area contributed by atoms with Crippen LogP contribution in [-0.2, 0) is 0 Å². The Kier molecular flexibility index (Phi) is 2.73. The predicted octanol–water partition coefficient (Wildman–Crippen LogP) is 2.00. The highest BCUT2D eigenvalue weighted by Crippen LogP contribution is 2.32.